The van der Waals surface area contributed by atoms with Crippen LogP contribution in [0.2, 0.25) is 0 Å². The van der Waals surface area contributed by atoms with Gasteiger partial charge in [0.05, 0.1) is 0 Å². The van der Waals surface area contributed by atoms with Gasteiger partial charge in [-0.15, -0.1) is 0 Å². The van der Waals surface area contributed by atoms with Crippen LogP contribution in [0, 0.1) is 5.92 Å². The second-order valence-electron chi connectivity index (χ2n) is 4.45. The van der Waals surface area contributed by atoms with Crippen molar-refractivity contribution in [2.75, 3.05) is 6.54 Å². The molecule has 0 saturated heterocycles. The van der Waals surface area contributed by atoms with Crippen LogP contribution in [0.4, 0.5) is 0 Å². The van der Waals surface area contributed by atoms with E-state index in [0.29, 0.717) is 12.0 Å². The third-order valence-electron chi connectivity index (χ3n) is 3.59. The van der Waals surface area contributed by atoms with Gasteiger partial charge in [-0.05, 0) is 25.3 Å². The van der Waals surface area contributed by atoms with Gasteiger partial charge in [-0.1, -0.05) is 19.8 Å². The number of imidazole rings is 1. The minimum absolute atomic E-state index is 0.598. The summed E-state index contributed by atoms with van der Waals surface area (Å²) in [5, 5.41) is 0. The normalized spacial score (nSPS) is 26.8. The third-order valence-corrected chi connectivity index (χ3v) is 3.59. The minimum Gasteiger partial charge on any atom is -0.332 e. The lowest BCUT2D eigenvalue weighted by atomic mass is 9.84. The first-order valence-electron chi connectivity index (χ1n) is 6.08. The van der Waals surface area contributed by atoms with Crippen molar-refractivity contribution in [1.29, 1.82) is 0 Å². The van der Waals surface area contributed by atoms with E-state index >= 15 is 0 Å². The molecular weight excluding hydrogens is 186 g/mol. The van der Waals surface area contributed by atoms with Gasteiger partial charge in [0.1, 0.15) is 5.82 Å². The maximum atomic E-state index is 5.86. The van der Waals surface area contributed by atoms with Crippen molar-refractivity contribution in [3.05, 3.63) is 18.2 Å². The van der Waals surface area contributed by atoms with Crippen LogP contribution in [0.1, 0.15) is 44.5 Å². The Hall–Kier alpha value is -0.830. The van der Waals surface area contributed by atoms with Crippen LogP contribution in [0.3, 0.4) is 0 Å². The largest absolute Gasteiger partial charge is 0.332 e. The zero-order valence-electron chi connectivity index (χ0n) is 9.52. The van der Waals surface area contributed by atoms with Crippen molar-refractivity contribution >= 4 is 0 Å². The number of nitrogens with two attached hydrogens (primary N) is 1. The Morgan fingerprint density at radius 2 is 2.27 bits per heavy atom. The van der Waals surface area contributed by atoms with Crippen molar-refractivity contribution in [2.24, 2.45) is 11.7 Å². The molecule has 0 spiro atoms. The second-order valence-corrected chi connectivity index (χ2v) is 4.45. The first kappa shape index (κ1) is 10.7. The average Bonchev–Trinajstić information content (AvgIpc) is 2.76. The first-order valence-corrected chi connectivity index (χ1v) is 6.08. The molecule has 2 atom stereocenters. The van der Waals surface area contributed by atoms with E-state index < -0.39 is 0 Å². The molecular formula is C12H21N3. The van der Waals surface area contributed by atoms with Crippen molar-refractivity contribution in [2.45, 2.75) is 45.1 Å². The molecule has 1 aromatic heterocycles. The van der Waals surface area contributed by atoms with Gasteiger partial charge >= 0.3 is 0 Å². The van der Waals surface area contributed by atoms with Gasteiger partial charge in [0, 0.05) is 24.9 Å². The molecule has 0 radical (unpaired) electrons. The molecule has 0 aromatic carbocycles. The molecule has 3 heteroatoms. The van der Waals surface area contributed by atoms with Crippen LogP contribution in [0.5, 0.6) is 0 Å². The quantitative estimate of drug-likeness (QED) is 0.825. The summed E-state index contributed by atoms with van der Waals surface area (Å²) in [6.07, 6.45) is 10.3. The lowest BCUT2D eigenvalue weighted by Gasteiger charge is -2.32. The van der Waals surface area contributed by atoms with Gasteiger partial charge in [-0.3, -0.25) is 0 Å². The Balaban J connectivity index is 2.20. The zero-order chi connectivity index (χ0) is 10.7. The van der Waals surface area contributed by atoms with Crippen molar-refractivity contribution in [3.63, 3.8) is 0 Å². The highest BCUT2D eigenvalue weighted by molar-refractivity contribution is 4.97. The molecule has 2 rings (SSSR count). The van der Waals surface area contributed by atoms with Gasteiger partial charge in [-0.25, -0.2) is 4.98 Å². The van der Waals surface area contributed by atoms with Crippen LogP contribution in [-0.2, 0) is 6.42 Å². The van der Waals surface area contributed by atoms with Gasteiger partial charge in [0.25, 0.3) is 0 Å². The Morgan fingerprint density at radius 3 is 3.00 bits per heavy atom. The van der Waals surface area contributed by atoms with E-state index in [-0.39, 0.29) is 0 Å². The maximum absolute atomic E-state index is 5.86. The van der Waals surface area contributed by atoms with E-state index in [1.54, 1.807) is 0 Å². The molecule has 1 saturated carbocycles. The number of nitrogens with zero attached hydrogens (tertiary/aromatic N) is 2. The fourth-order valence-corrected chi connectivity index (χ4v) is 2.75. The molecule has 0 amide bonds. The summed E-state index contributed by atoms with van der Waals surface area (Å²) >= 11 is 0. The fraction of sp³-hybridized carbons (Fsp3) is 0.750. The van der Waals surface area contributed by atoms with Crippen LogP contribution in [-0.4, -0.2) is 16.1 Å². The van der Waals surface area contributed by atoms with E-state index in [1.807, 2.05) is 6.20 Å². The van der Waals surface area contributed by atoms with Gasteiger partial charge in [0.15, 0.2) is 0 Å². The molecule has 1 aliphatic rings. The molecule has 2 N–H and O–H groups in total. The lowest BCUT2D eigenvalue weighted by molar-refractivity contribution is 0.240. The highest BCUT2D eigenvalue weighted by Gasteiger charge is 2.26. The monoisotopic (exact) mass is 207 g/mol. The zero-order valence-corrected chi connectivity index (χ0v) is 9.52. The van der Waals surface area contributed by atoms with E-state index in [9.17, 15) is 0 Å². The SMILES string of the molecule is CCc1nccn1C1CCCCC1CN. The minimum atomic E-state index is 0.598. The van der Waals surface area contributed by atoms with Crippen LogP contribution in [0.25, 0.3) is 0 Å². The summed E-state index contributed by atoms with van der Waals surface area (Å²) < 4.78 is 2.36. The molecule has 1 aromatic rings. The molecule has 0 aliphatic heterocycles. The fourth-order valence-electron chi connectivity index (χ4n) is 2.75. The number of hydrogen-bond acceptors (Lipinski definition) is 2. The molecule has 15 heavy (non-hydrogen) atoms. The molecule has 1 heterocycles. The Morgan fingerprint density at radius 1 is 1.47 bits per heavy atom. The first-order chi connectivity index (χ1) is 7.36. The molecule has 1 aliphatic carbocycles. The van der Waals surface area contributed by atoms with E-state index in [4.69, 9.17) is 5.73 Å². The van der Waals surface area contributed by atoms with E-state index in [1.165, 1.54) is 31.5 Å². The Bertz CT molecular complexity index is 306. The van der Waals surface area contributed by atoms with Gasteiger partial charge < -0.3 is 10.3 Å². The maximum Gasteiger partial charge on any atom is 0.108 e. The third kappa shape index (κ3) is 2.07. The predicted molar refractivity (Wildman–Crippen MR) is 61.7 cm³/mol. The highest BCUT2D eigenvalue weighted by Crippen LogP contribution is 2.33. The second kappa shape index (κ2) is 4.79. The molecule has 84 valence electrons. The highest BCUT2D eigenvalue weighted by atomic mass is 15.1. The van der Waals surface area contributed by atoms with Crippen LogP contribution >= 0.6 is 0 Å². The van der Waals surface area contributed by atoms with Crippen LogP contribution < -0.4 is 5.73 Å². The summed E-state index contributed by atoms with van der Waals surface area (Å²) in [6, 6.07) is 0.598. The number of rotatable bonds is 3. The average molecular weight is 207 g/mol. The van der Waals surface area contributed by atoms with Crippen molar-refractivity contribution in [3.8, 4) is 0 Å². The topological polar surface area (TPSA) is 43.8 Å². The van der Waals surface area contributed by atoms with Gasteiger partial charge in [-0.2, -0.15) is 0 Å². The summed E-state index contributed by atoms with van der Waals surface area (Å²) in [5.74, 6) is 1.86. The van der Waals surface area contributed by atoms with E-state index in [2.05, 4.69) is 22.7 Å². The predicted octanol–water partition coefficient (Wildman–Crippen LogP) is 2.14. The van der Waals surface area contributed by atoms with Crippen molar-refractivity contribution in [1.82, 2.24) is 9.55 Å². The van der Waals surface area contributed by atoms with Crippen molar-refractivity contribution < 1.29 is 0 Å². The number of hydrogen-bond donors (Lipinski definition) is 1. The van der Waals surface area contributed by atoms with E-state index in [0.717, 1.165) is 13.0 Å². The summed E-state index contributed by atoms with van der Waals surface area (Å²) in [7, 11) is 0. The lowest BCUT2D eigenvalue weighted by Crippen LogP contribution is -2.29. The smallest absolute Gasteiger partial charge is 0.108 e. The van der Waals surface area contributed by atoms with Gasteiger partial charge in [0.2, 0.25) is 0 Å². The number of aromatic nitrogens is 2. The summed E-state index contributed by atoms with van der Waals surface area (Å²) in [5.41, 5.74) is 5.86. The standard InChI is InChI=1S/C12H21N3/c1-2-12-14-7-8-15(12)11-6-4-3-5-10(11)9-13/h7-8,10-11H,2-6,9,13H2,1H3. The molecule has 1 fully saturated rings. The Labute approximate surface area is 91.7 Å². The summed E-state index contributed by atoms with van der Waals surface area (Å²) in [4.78, 5) is 4.40. The summed E-state index contributed by atoms with van der Waals surface area (Å²) in [6.45, 7) is 2.98. The number of aryl methyl sites for hydroxylation is 1. The molecule has 0 bridgehead atoms. The van der Waals surface area contributed by atoms with Crippen LogP contribution in [0.15, 0.2) is 12.4 Å². The molecule has 2 unspecified atom stereocenters. The Kier molecular flexibility index (Phi) is 3.41. The molecule has 3 nitrogen and oxygen atoms in total.